The summed E-state index contributed by atoms with van der Waals surface area (Å²) in [5.41, 5.74) is 0.737. The van der Waals surface area contributed by atoms with Gasteiger partial charge < -0.3 is 4.74 Å². The molecule has 1 aromatic carbocycles. The quantitative estimate of drug-likeness (QED) is 0.709. The van der Waals surface area contributed by atoms with Crippen LogP contribution in [0.3, 0.4) is 0 Å². The summed E-state index contributed by atoms with van der Waals surface area (Å²) in [6.45, 7) is 7.05. The van der Waals surface area contributed by atoms with E-state index in [0.717, 1.165) is 0 Å². The van der Waals surface area contributed by atoms with Crippen LogP contribution >= 0.6 is 15.9 Å². The van der Waals surface area contributed by atoms with Gasteiger partial charge in [-0.2, -0.15) is 0 Å². The molecule has 5 heteroatoms. The number of carbonyl (C=O) groups excluding carboxylic acids is 1. The third-order valence-electron chi connectivity index (χ3n) is 2.84. The van der Waals surface area contributed by atoms with E-state index in [1.807, 2.05) is 0 Å². The van der Waals surface area contributed by atoms with Crippen molar-refractivity contribution < 1.29 is 13.9 Å². The number of benzene rings is 1. The van der Waals surface area contributed by atoms with E-state index in [-0.39, 0.29) is 5.82 Å². The minimum Gasteiger partial charge on any atom is -0.443 e. The van der Waals surface area contributed by atoms with Crippen LogP contribution in [0.5, 0.6) is 0 Å². The van der Waals surface area contributed by atoms with E-state index in [9.17, 15) is 9.18 Å². The van der Waals surface area contributed by atoms with Crippen molar-refractivity contribution >= 4 is 22.0 Å². The molecule has 0 aliphatic heterocycles. The number of aromatic nitrogens is 1. The molecule has 0 saturated heterocycles. The maximum atomic E-state index is 14.3. The topological polar surface area (TPSA) is 31.2 Å². The lowest BCUT2D eigenvalue weighted by molar-refractivity contribution is 0.0540. The Morgan fingerprint density at radius 1 is 1.33 bits per heavy atom. The van der Waals surface area contributed by atoms with Crippen LogP contribution in [0.4, 0.5) is 9.18 Å². The number of halogens is 2. The Balaban J connectivity index is 2.51. The minimum absolute atomic E-state index is 0.340. The van der Waals surface area contributed by atoms with Gasteiger partial charge in [-0.1, -0.05) is 12.1 Å². The fourth-order valence-corrected chi connectivity index (χ4v) is 2.37. The molecule has 0 bridgehead atoms. The highest BCUT2D eigenvalue weighted by atomic mass is 79.9. The zero-order chi connectivity index (χ0) is 15.8. The van der Waals surface area contributed by atoms with Gasteiger partial charge in [0.25, 0.3) is 0 Å². The van der Waals surface area contributed by atoms with Gasteiger partial charge in [0.1, 0.15) is 11.4 Å². The molecular weight excluding hydrogens is 337 g/mol. The maximum absolute atomic E-state index is 14.3. The van der Waals surface area contributed by atoms with Crippen molar-refractivity contribution in [3.05, 3.63) is 46.3 Å². The lowest BCUT2D eigenvalue weighted by Crippen LogP contribution is -2.27. The van der Waals surface area contributed by atoms with E-state index in [1.54, 1.807) is 58.2 Å². The monoisotopic (exact) mass is 353 g/mol. The van der Waals surface area contributed by atoms with Crippen LogP contribution in [0.15, 0.2) is 34.9 Å². The Kier molecular flexibility index (Phi) is 4.23. The molecule has 0 aliphatic carbocycles. The van der Waals surface area contributed by atoms with Crippen molar-refractivity contribution in [2.24, 2.45) is 0 Å². The average molecular weight is 354 g/mol. The molecule has 3 nitrogen and oxygen atoms in total. The Hall–Kier alpha value is -1.62. The fourth-order valence-electron chi connectivity index (χ4n) is 1.95. The van der Waals surface area contributed by atoms with Gasteiger partial charge in [-0.3, -0.25) is 4.57 Å². The standard InChI is InChI=1S/C16H17BrFNO2/c1-10-6-5-7-12(14(10)18)13-8-11(17)9-19(13)15(20)21-16(2,3)4/h5-9H,1-4H3. The second kappa shape index (κ2) is 5.64. The SMILES string of the molecule is Cc1cccc(-c2cc(Br)cn2C(=O)OC(C)(C)C)c1F. The third kappa shape index (κ3) is 3.53. The van der Waals surface area contributed by atoms with Crippen molar-refractivity contribution in [1.82, 2.24) is 4.57 Å². The number of nitrogens with zero attached hydrogens (tertiary/aromatic N) is 1. The van der Waals surface area contributed by atoms with Gasteiger partial charge in [0.05, 0.1) is 5.69 Å². The van der Waals surface area contributed by atoms with E-state index in [0.29, 0.717) is 21.3 Å². The molecule has 112 valence electrons. The number of rotatable bonds is 1. The number of carbonyl (C=O) groups is 1. The van der Waals surface area contributed by atoms with Crippen LogP contribution in [0.2, 0.25) is 0 Å². The highest BCUT2D eigenvalue weighted by Crippen LogP contribution is 2.29. The Morgan fingerprint density at radius 3 is 2.62 bits per heavy atom. The molecule has 0 aliphatic rings. The van der Waals surface area contributed by atoms with Crippen LogP contribution in [0.1, 0.15) is 26.3 Å². The zero-order valence-electron chi connectivity index (χ0n) is 12.4. The van der Waals surface area contributed by atoms with Gasteiger partial charge >= 0.3 is 6.09 Å². The van der Waals surface area contributed by atoms with E-state index < -0.39 is 11.7 Å². The fraction of sp³-hybridized carbons (Fsp3) is 0.312. The van der Waals surface area contributed by atoms with E-state index in [2.05, 4.69) is 15.9 Å². The summed E-state index contributed by atoms with van der Waals surface area (Å²) in [6, 6.07) is 6.79. The summed E-state index contributed by atoms with van der Waals surface area (Å²) >= 11 is 3.32. The average Bonchev–Trinajstić information content (AvgIpc) is 2.73. The molecular formula is C16H17BrFNO2. The Bertz CT molecular complexity index is 686. The molecule has 0 radical (unpaired) electrons. The Labute approximate surface area is 131 Å². The van der Waals surface area contributed by atoms with Gasteiger partial charge in [0.2, 0.25) is 0 Å². The molecule has 21 heavy (non-hydrogen) atoms. The first-order valence-electron chi connectivity index (χ1n) is 6.56. The van der Waals surface area contributed by atoms with Gasteiger partial charge in [-0.15, -0.1) is 0 Å². The second-order valence-electron chi connectivity index (χ2n) is 5.83. The van der Waals surface area contributed by atoms with Crippen LogP contribution in [0.25, 0.3) is 11.3 Å². The van der Waals surface area contributed by atoms with Crippen LogP contribution < -0.4 is 0 Å². The van der Waals surface area contributed by atoms with Crippen LogP contribution in [-0.2, 0) is 4.74 Å². The summed E-state index contributed by atoms with van der Waals surface area (Å²) in [6.07, 6.45) is 1.04. The molecule has 0 amide bonds. The predicted octanol–water partition coefficient (Wildman–Crippen LogP) is 5.15. The van der Waals surface area contributed by atoms with Crippen molar-refractivity contribution in [2.75, 3.05) is 0 Å². The molecule has 1 aromatic heterocycles. The first-order chi connectivity index (χ1) is 9.69. The molecule has 0 N–H and O–H groups in total. The number of ether oxygens (including phenoxy) is 1. The second-order valence-corrected chi connectivity index (χ2v) is 6.75. The van der Waals surface area contributed by atoms with E-state index >= 15 is 0 Å². The number of aryl methyl sites for hydroxylation is 1. The van der Waals surface area contributed by atoms with Gasteiger partial charge in [0.15, 0.2) is 0 Å². The summed E-state index contributed by atoms with van der Waals surface area (Å²) in [7, 11) is 0. The number of hydrogen-bond acceptors (Lipinski definition) is 2. The molecule has 1 heterocycles. The van der Waals surface area contributed by atoms with Gasteiger partial charge in [0, 0.05) is 16.2 Å². The van der Waals surface area contributed by atoms with Crippen LogP contribution in [0, 0.1) is 12.7 Å². The maximum Gasteiger partial charge on any atom is 0.419 e. The normalized spacial score (nSPS) is 11.5. The minimum atomic E-state index is -0.615. The molecule has 0 saturated carbocycles. The summed E-state index contributed by atoms with van der Waals surface area (Å²) in [5, 5.41) is 0. The van der Waals surface area contributed by atoms with Crippen molar-refractivity contribution in [3.63, 3.8) is 0 Å². The molecule has 0 fully saturated rings. The summed E-state index contributed by atoms with van der Waals surface area (Å²) < 4.78 is 21.6. The highest BCUT2D eigenvalue weighted by molar-refractivity contribution is 9.10. The predicted molar refractivity (Wildman–Crippen MR) is 83.9 cm³/mol. The zero-order valence-corrected chi connectivity index (χ0v) is 14.0. The van der Waals surface area contributed by atoms with Crippen molar-refractivity contribution in [3.8, 4) is 11.3 Å². The highest BCUT2D eigenvalue weighted by Gasteiger charge is 2.22. The van der Waals surface area contributed by atoms with E-state index in [4.69, 9.17) is 4.74 Å². The summed E-state index contributed by atoms with van der Waals surface area (Å²) in [5.74, 6) is -0.340. The van der Waals surface area contributed by atoms with E-state index in [1.165, 1.54) is 4.57 Å². The summed E-state index contributed by atoms with van der Waals surface area (Å²) in [4.78, 5) is 12.3. The third-order valence-corrected chi connectivity index (χ3v) is 3.28. The molecule has 0 unspecified atom stereocenters. The smallest absolute Gasteiger partial charge is 0.419 e. The first-order valence-corrected chi connectivity index (χ1v) is 7.35. The van der Waals surface area contributed by atoms with Crippen molar-refractivity contribution in [2.45, 2.75) is 33.3 Å². The molecule has 2 rings (SSSR count). The first kappa shape index (κ1) is 15.8. The number of hydrogen-bond donors (Lipinski definition) is 0. The molecule has 2 aromatic rings. The van der Waals surface area contributed by atoms with Crippen LogP contribution in [-0.4, -0.2) is 16.3 Å². The lowest BCUT2D eigenvalue weighted by atomic mass is 10.1. The lowest BCUT2D eigenvalue weighted by Gasteiger charge is -2.20. The van der Waals surface area contributed by atoms with Gasteiger partial charge in [-0.25, -0.2) is 9.18 Å². The Morgan fingerprint density at radius 2 is 2.00 bits per heavy atom. The molecule has 0 atom stereocenters. The van der Waals surface area contributed by atoms with Gasteiger partial charge in [-0.05, 0) is 61.3 Å². The molecule has 0 spiro atoms. The van der Waals surface area contributed by atoms with Crippen molar-refractivity contribution in [1.29, 1.82) is 0 Å². The largest absolute Gasteiger partial charge is 0.443 e.